The van der Waals surface area contributed by atoms with Gasteiger partial charge in [-0.3, -0.25) is 4.79 Å². The number of hydrogen-bond donors (Lipinski definition) is 0. The van der Waals surface area contributed by atoms with Crippen LogP contribution in [0.1, 0.15) is 36.0 Å². The monoisotopic (exact) mass is 299 g/mol. The Balaban J connectivity index is 1.82. The van der Waals surface area contributed by atoms with Crippen LogP contribution >= 0.6 is 11.3 Å². The fourth-order valence-electron chi connectivity index (χ4n) is 3.34. The molecule has 0 aliphatic carbocycles. The summed E-state index contributed by atoms with van der Waals surface area (Å²) in [7, 11) is -2.99. The molecule has 0 spiro atoms. The molecule has 2 fully saturated rings. The van der Waals surface area contributed by atoms with Crippen LogP contribution in [0.15, 0.2) is 16.8 Å². The average molecular weight is 299 g/mol. The van der Waals surface area contributed by atoms with Gasteiger partial charge in [-0.2, -0.15) is 11.3 Å². The number of fused-ring (bicyclic) bond motifs is 2. The van der Waals surface area contributed by atoms with E-state index < -0.39 is 9.84 Å². The quantitative estimate of drug-likeness (QED) is 0.838. The lowest BCUT2D eigenvalue weighted by Gasteiger charge is -2.38. The Morgan fingerprint density at radius 1 is 1.32 bits per heavy atom. The third-order valence-electron chi connectivity index (χ3n) is 4.30. The molecule has 1 amide bonds. The van der Waals surface area contributed by atoms with E-state index in [1.807, 2.05) is 21.7 Å². The van der Waals surface area contributed by atoms with Crippen molar-refractivity contribution >= 4 is 27.1 Å². The molecule has 3 atom stereocenters. The van der Waals surface area contributed by atoms with Crippen LogP contribution in [-0.4, -0.2) is 42.8 Å². The molecule has 1 aromatic rings. The van der Waals surface area contributed by atoms with Gasteiger partial charge in [-0.25, -0.2) is 8.42 Å². The lowest BCUT2D eigenvalue weighted by molar-refractivity contribution is 0.0599. The molecule has 2 aliphatic heterocycles. The summed E-state index contributed by atoms with van der Waals surface area (Å²) in [6.07, 6.45) is 4.39. The summed E-state index contributed by atoms with van der Waals surface area (Å²) >= 11 is 1.52. The maximum atomic E-state index is 12.5. The van der Waals surface area contributed by atoms with Crippen molar-refractivity contribution in [1.82, 2.24) is 4.90 Å². The van der Waals surface area contributed by atoms with Crippen LogP contribution in [0.3, 0.4) is 0 Å². The van der Waals surface area contributed by atoms with E-state index in [1.54, 1.807) is 0 Å². The average Bonchev–Trinajstić information content (AvgIpc) is 2.94. The highest BCUT2D eigenvalue weighted by Gasteiger charge is 2.45. The third kappa shape index (κ3) is 2.31. The maximum Gasteiger partial charge on any atom is 0.255 e. The van der Waals surface area contributed by atoms with E-state index in [0.29, 0.717) is 12.8 Å². The van der Waals surface area contributed by atoms with E-state index in [0.717, 1.165) is 18.4 Å². The van der Waals surface area contributed by atoms with Gasteiger partial charge in [-0.15, -0.1) is 0 Å². The number of nitrogens with zero attached hydrogens (tertiary/aromatic N) is 1. The Morgan fingerprint density at radius 2 is 1.95 bits per heavy atom. The first kappa shape index (κ1) is 13.1. The van der Waals surface area contributed by atoms with Gasteiger partial charge in [-0.05, 0) is 37.1 Å². The zero-order valence-corrected chi connectivity index (χ0v) is 12.4. The van der Waals surface area contributed by atoms with Crippen LogP contribution < -0.4 is 0 Å². The van der Waals surface area contributed by atoms with Crippen LogP contribution in [0.4, 0.5) is 0 Å². The van der Waals surface area contributed by atoms with Gasteiger partial charge >= 0.3 is 0 Å². The highest BCUT2D eigenvalue weighted by Crippen LogP contribution is 2.39. The second-order valence-corrected chi connectivity index (χ2v) is 8.64. The molecule has 19 heavy (non-hydrogen) atoms. The minimum Gasteiger partial charge on any atom is -0.333 e. The molecule has 1 unspecified atom stereocenters. The Kier molecular flexibility index (Phi) is 3.17. The topological polar surface area (TPSA) is 54.5 Å². The highest BCUT2D eigenvalue weighted by atomic mass is 32.2. The van der Waals surface area contributed by atoms with Gasteiger partial charge in [0.2, 0.25) is 0 Å². The van der Waals surface area contributed by atoms with E-state index in [9.17, 15) is 13.2 Å². The van der Waals surface area contributed by atoms with Crippen LogP contribution in [0.2, 0.25) is 0 Å². The van der Waals surface area contributed by atoms with Gasteiger partial charge in [-0.1, -0.05) is 0 Å². The summed E-state index contributed by atoms with van der Waals surface area (Å²) in [5.74, 6) is 0.0701. The van der Waals surface area contributed by atoms with Crippen LogP contribution in [0, 0.1) is 0 Å². The van der Waals surface area contributed by atoms with Crippen molar-refractivity contribution in [2.45, 2.75) is 43.0 Å². The molecule has 2 saturated heterocycles. The number of carbonyl (C=O) groups is 1. The molecule has 0 saturated carbocycles. The number of hydrogen-bond acceptors (Lipinski definition) is 4. The number of carbonyl (C=O) groups excluding carboxylic acids is 1. The Labute approximate surface area is 117 Å². The summed E-state index contributed by atoms with van der Waals surface area (Å²) in [6.45, 7) is 0. The van der Waals surface area contributed by atoms with Crippen LogP contribution in [-0.2, 0) is 9.84 Å². The maximum absolute atomic E-state index is 12.5. The van der Waals surface area contributed by atoms with E-state index in [-0.39, 0.29) is 23.2 Å². The van der Waals surface area contributed by atoms with Crippen LogP contribution in [0.25, 0.3) is 0 Å². The molecule has 2 aliphatic rings. The number of thiophene rings is 1. The first-order valence-electron chi connectivity index (χ1n) is 6.50. The second-order valence-electron chi connectivity index (χ2n) is 5.53. The van der Waals surface area contributed by atoms with Crippen molar-refractivity contribution in [1.29, 1.82) is 0 Å². The number of amides is 1. The number of rotatable bonds is 2. The predicted octanol–water partition coefficient (Wildman–Crippen LogP) is 1.93. The van der Waals surface area contributed by atoms with Gasteiger partial charge in [0.05, 0.1) is 10.8 Å². The first-order valence-corrected chi connectivity index (χ1v) is 9.40. The Hall–Kier alpha value is -0.880. The molecule has 3 rings (SSSR count). The second kappa shape index (κ2) is 4.59. The molecule has 4 nitrogen and oxygen atoms in total. The van der Waals surface area contributed by atoms with Crippen molar-refractivity contribution in [2.75, 3.05) is 6.26 Å². The minimum atomic E-state index is -2.99. The summed E-state index contributed by atoms with van der Waals surface area (Å²) in [6, 6.07) is 2.05. The lowest BCUT2D eigenvalue weighted by atomic mass is 10.0. The zero-order chi connectivity index (χ0) is 13.6. The normalized spacial score (nSPS) is 30.6. The van der Waals surface area contributed by atoms with Gasteiger partial charge < -0.3 is 4.90 Å². The fraction of sp³-hybridized carbons (Fsp3) is 0.615. The van der Waals surface area contributed by atoms with Crippen molar-refractivity contribution in [3.8, 4) is 0 Å². The Morgan fingerprint density at radius 3 is 2.42 bits per heavy atom. The standard InChI is InChI=1S/C13H17NO3S2/c1-19(16,17)12-6-10-2-3-11(7-12)14(10)13(15)9-4-5-18-8-9/h4-5,8,10-12H,2-3,6-7H2,1H3/t10-,11+,12?. The van der Waals surface area contributed by atoms with Gasteiger partial charge in [0.15, 0.2) is 0 Å². The van der Waals surface area contributed by atoms with E-state index in [4.69, 9.17) is 0 Å². The molecule has 1 aromatic heterocycles. The largest absolute Gasteiger partial charge is 0.333 e. The number of piperidine rings is 1. The van der Waals surface area contributed by atoms with Crippen molar-refractivity contribution in [2.24, 2.45) is 0 Å². The highest BCUT2D eigenvalue weighted by molar-refractivity contribution is 7.91. The van der Waals surface area contributed by atoms with Gasteiger partial charge in [0.1, 0.15) is 9.84 Å². The van der Waals surface area contributed by atoms with E-state index >= 15 is 0 Å². The molecule has 0 N–H and O–H groups in total. The molecule has 3 heterocycles. The lowest BCUT2D eigenvalue weighted by Crippen LogP contribution is -2.49. The van der Waals surface area contributed by atoms with Gasteiger partial charge in [0, 0.05) is 23.7 Å². The molecule has 2 bridgehead atoms. The van der Waals surface area contributed by atoms with E-state index in [2.05, 4.69) is 0 Å². The number of sulfone groups is 1. The summed E-state index contributed by atoms with van der Waals surface area (Å²) < 4.78 is 23.4. The predicted molar refractivity (Wildman–Crippen MR) is 75.2 cm³/mol. The molecule has 0 radical (unpaired) electrons. The smallest absolute Gasteiger partial charge is 0.255 e. The Bertz CT molecular complexity index is 565. The molecular formula is C13H17NO3S2. The molecule has 0 aromatic carbocycles. The summed E-state index contributed by atoms with van der Waals surface area (Å²) in [5.41, 5.74) is 0.736. The molecular weight excluding hydrogens is 282 g/mol. The van der Waals surface area contributed by atoms with Gasteiger partial charge in [0.25, 0.3) is 5.91 Å². The summed E-state index contributed by atoms with van der Waals surface area (Å²) in [5, 5.41) is 3.50. The fourth-order valence-corrected chi connectivity index (χ4v) is 5.12. The third-order valence-corrected chi connectivity index (χ3v) is 6.58. The SMILES string of the molecule is CS(=O)(=O)C1C[C@H]2CC[C@@H](C1)N2C(=O)c1ccsc1. The molecule has 6 heteroatoms. The minimum absolute atomic E-state index is 0.0701. The first-order chi connectivity index (χ1) is 8.97. The van der Waals surface area contributed by atoms with E-state index in [1.165, 1.54) is 17.6 Å². The van der Waals surface area contributed by atoms with Crippen LogP contribution in [0.5, 0.6) is 0 Å². The molecule has 104 valence electrons. The zero-order valence-electron chi connectivity index (χ0n) is 10.8. The van der Waals surface area contributed by atoms with Crippen molar-refractivity contribution in [3.05, 3.63) is 22.4 Å². The van der Waals surface area contributed by atoms with Crippen molar-refractivity contribution in [3.63, 3.8) is 0 Å². The summed E-state index contributed by atoms with van der Waals surface area (Å²) in [4.78, 5) is 14.4. The van der Waals surface area contributed by atoms with Crippen molar-refractivity contribution < 1.29 is 13.2 Å².